The molecule has 0 radical (unpaired) electrons. The topological polar surface area (TPSA) is 84.5 Å². The van der Waals surface area contributed by atoms with Crippen molar-refractivity contribution in [2.75, 3.05) is 6.16 Å². The number of imidazole rings is 1. The van der Waals surface area contributed by atoms with E-state index in [2.05, 4.69) is 6.92 Å². The first-order valence-corrected chi connectivity index (χ1v) is 13.8. The van der Waals surface area contributed by atoms with Crippen LogP contribution in [0.25, 0.3) is 28.2 Å². The molecule has 0 aliphatic heterocycles. The highest BCUT2D eigenvalue weighted by Crippen LogP contribution is 2.40. The van der Waals surface area contributed by atoms with E-state index >= 15 is 0 Å². The summed E-state index contributed by atoms with van der Waals surface area (Å²) in [4.78, 5) is 33.5. The number of nitrogens with zero attached hydrogens (tertiary/aromatic N) is 2. The second-order valence-corrected chi connectivity index (χ2v) is 10.5. The Bertz CT molecular complexity index is 1340. The maximum Gasteiger partial charge on any atom is 0.334 e. The second kappa shape index (κ2) is 11.0. The molecule has 1 atom stereocenters. The fourth-order valence-corrected chi connectivity index (χ4v) is 5.20. The first-order valence-electron chi connectivity index (χ1n) is 12.0. The van der Waals surface area contributed by atoms with Gasteiger partial charge in [-0.1, -0.05) is 98.6 Å². The Hall–Kier alpha value is -3.18. The molecule has 2 N–H and O–H groups in total. The van der Waals surface area contributed by atoms with Gasteiger partial charge in [0.1, 0.15) is 0 Å². The molecule has 0 aliphatic carbocycles. The van der Waals surface area contributed by atoms with Crippen molar-refractivity contribution in [1.29, 1.82) is 0 Å². The highest BCUT2D eigenvalue weighted by Gasteiger charge is 2.29. The van der Waals surface area contributed by atoms with E-state index in [0.717, 1.165) is 41.0 Å². The molecule has 1 heterocycles. The summed E-state index contributed by atoms with van der Waals surface area (Å²) >= 11 is 0. The van der Waals surface area contributed by atoms with Crippen molar-refractivity contribution >= 4 is 7.60 Å². The molecule has 0 bridgehead atoms. The molecule has 0 aliphatic rings. The molecular weight excluding hydrogens is 459 g/mol. The Morgan fingerprint density at radius 1 is 0.771 bits per heavy atom. The lowest BCUT2D eigenvalue weighted by atomic mass is 10.0. The van der Waals surface area contributed by atoms with Gasteiger partial charge in [0.15, 0.2) is 0 Å². The SMILES string of the molecule is CCCCC(CCP(=O)(O)O)n1c(-c2ccccc2)c(-c2ccccc2)n(-c2ccccc2)c1=O. The molecule has 4 rings (SSSR count). The number of unbranched alkanes of at least 4 members (excludes halogenated alkanes) is 1. The van der Waals surface area contributed by atoms with Crippen LogP contribution >= 0.6 is 7.60 Å². The Balaban J connectivity index is 2.06. The average Bonchev–Trinajstić information content (AvgIpc) is 3.18. The van der Waals surface area contributed by atoms with Crippen LogP contribution in [-0.4, -0.2) is 25.1 Å². The van der Waals surface area contributed by atoms with Crippen LogP contribution in [0.3, 0.4) is 0 Å². The number of hydrogen-bond donors (Lipinski definition) is 2. The first kappa shape index (κ1) is 24.9. The molecule has 0 spiro atoms. The van der Waals surface area contributed by atoms with Gasteiger partial charge in [-0.05, 0) is 25.0 Å². The summed E-state index contributed by atoms with van der Waals surface area (Å²) in [5.74, 6) is 0. The lowest BCUT2D eigenvalue weighted by Crippen LogP contribution is -2.28. The number of para-hydroxylation sites is 1. The Morgan fingerprint density at radius 3 is 1.80 bits per heavy atom. The molecule has 35 heavy (non-hydrogen) atoms. The minimum atomic E-state index is -4.22. The highest BCUT2D eigenvalue weighted by atomic mass is 31.2. The molecule has 1 unspecified atom stereocenters. The lowest BCUT2D eigenvalue weighted by Gasteiger charge is -2.21. The maximum atomic E-state index is 14.2. The van der Waals surface area contributed by atoms with Crippen LogP contribution < -0.4 is 5.69 Å². The number of hydrogen-bond acceptors (Lipinski definition) is 2. The van der Waals surface area contributed by atoms with Crippen LogP contribution in [0.2, 0.25) is 0 Å². The first-order chi connectivity index (χ1) is 16.9. The zero-order chi connectivity index (χ0) is 24.8. The van der Waals surface area contributed by atoms with Gasteiger partial charge < -0.3 is 9.79 Å². The summed E-state index contributed by atoms with van der Waals surface area (Å²) in [6.07, 6.45) is 2.38. The van der Waals surface area contributed by atoms with Crippen LogP contribution in [0.1, 0.15) is 38.6 Å². The zero-order valence-corrected chi connectivity index (χ0v) is 20.7. The minimum absolute atomic E-state index is 0.208. The van der Waals surface area contributed by atoms with Gasteiger partial charge in [-0.25, -0.2) is 4.79 Å². The third-order valence-corrected chi connectivity index (χ3v) is 7.05. The van der Waals surface area contributed by atoms with Crippen molar-refractivity contribution in [3.05, 3.63) is 101 Å². The molecule has 3 aromatic carbocycles. The zero-order valence-electron chi connectivity index (χ0n) is 19.8. The number of rotatable bonds is 10. The van der Waals surface area contributed by atoms with Crippen LogP contribution in [0, 0.1) is 0 Å². The van der Waals surface area contributed by atoms with E-state index in [1.54, 1.807) is 9.13 Å². The van der Waals surface area contributed by atoms with Crippen molar-refractivity contribution < 1.29 is 14.4 Å². The summed E-state index contributed by atoms with van der Waals surface area (Å²) in [5, 5.41) is 0. The summed E-state index contributed by atoms with van der Waals surface area (Å²) in [6, 6.07) is 28.8. The summed E-state index contributed by atoms with van der Waals surface area (Å²) in [6.45, 7) is 2.07. The van der Waals surface area contributed by atoms with E-state index < -0.39 is 7.60 Å². The molecule has 0 fully saturated rings. The van der Waals surface area contributed by atoms with E-state index in [0.29, 0.717) is 6.42 Å². The van der Waals surface area contributed by atoms with Crippen molar-refractivity contribution in [2.45, 2.75) is 38.6 Å². The molecule has 0 saturated carbocycles. The third-order valence-electron chi connectivity index (χ3n) is 6.20. The van der Waals surface area contributed by atoms with Gasteiger partial charge in [0, 0.05) is 17.2 Å². The number of benzene rings is 3. The Morgan fingerprint density at radius 2 is 1.29 bits per heavy atom. The van der Waals surface area contributed by atoms with Gasteiger partial charge in [-0.2, -0.15) is 0 Å². The van der Waals surface area contributed by atoms with Crippen LogP contribution in [0.15, 0.2) is 95.8 Å². The predicted molar refractivity (Wildman–Crippen MR) is 141 cm³/mol. The highest BCUT2D eigenvalue weighted by molar-refractivity contribution is 7.51. The fraction of sp³-hybridized carbons (Fsp3) is 0.250. The van der Waals surface area contributed by atoms with Crippen LogP contribution in [0.5, 0.6) is 0 Å². The average molecular weight is 491 g/mol. The minimum Gasteiger partial charge on any atom is -0.324 e. The Kier molecular flexibility index (Phi) is 7.86. The summed E-state index contributed by atoms with van der Waals surface area (Å²) in [5.41, 5.74) is 3.85. The van der Waals surface area contributed by atoms with E-state index in [1.165, 1.54) is 0 Å². The molecule has 182 valence electrons. The van der Waals surface area contributed by atoms with Gasteiger partial charge >= 0.3 is 13.3 Å². The van der Waals surface area contributed by atoms with Crippen molar-refractivity contribution in [1.82, 2.24) is 9.13 Å². The quantitative estimate of drug-likeness (QED) is 0.257. The monoisotopic (exact) mass is 490 g/mol. The Labute approximate surface area is 205 Å². The molecular formula is C28H31N2O4P. The normalized spacial score (nSPS) is 12.5. The molecule has 4 aromatic rings. The molecule has 7 heteroatoms. The smallest absolute Gasteiger partial charge is 0.324 e. The van der Waals surface area contributed by atoms with Crippen molar-refractivity contribution in [3.63, 3.8) is 0 Å². The maximum absolute atomic E-state index is 14.2. The summed E-state index contributed by atoms with van der Waals surface area (Å²) in [7, 11) is -4.22. The van der Waals surface area contributed by atoms with Gasteiger partial charge in [0.2, 0.25) is 0 Å². The van der Waals surface area contributed by atoms with Crippen LogP contribution in [0.4, 0.5) is 0 Å². The second-order valence-electron chi connectivity index (χ2n) is 8.73. The van der Waals surface area contributed by atoms with E-state index in [1.807, 2.05) is 91.0 Å². The molecule has 1 aromatic heterocycles. The predicted octanol–water partition coefficient (Wildman–Crippen LogP) is 6.27. The van der Waals surface area contributed by atoms with Crippen LogP contribution in [-0.2, 0) is 4.57 Å². The van der Waals surface area contributed by atoms with E-state index in [9.17, 15) is 19.1 Å². The molecule has 0 amide bonds. The van der Waals surface area contributed by atoms with Gasteiger partial charge in [-0.15, -0.1) is 0 Å². The van der Waals surface area contributed by atoms with E-state index in [4.69, 9.17) is 0 Å². The standard InChI is InChI=1S/C28H31N2O4P/c1-2-3-17-25(20-21-35(32,33)34)30-27(23-15-9-5-10-16-23)26(22-13-7-4-8-14-22)29(28(30)31)24-18-11-6-12-19-24/h4-16,18-19,25H,2-3,17,20-21H2,1H3,(H2,32,33,34). The summed E-state index contributed by atoms with van der Waals surface area (Å²) < 4.78 is 15.3. The van der Waals surface area contributed by atoms with Gasteiger partial charge in [-0.3, -0.25) is 13.7 Å². The molecule has 0 saturated heterocycles. The van der Waals surface area contributed by atoms with Crippen molar-refractivity contribution in [3.8, 4) is 28.2 Å². The largest absolute Gasteiger partial charge is 0.334 e. The third kappa shape index (κ3) is 5.73. The van der Waals surface area contributed by atoms with E-state index in [-0.39, 0.29) is 24.3 Å². The fourth-order valence-electron chi connectivity index (χ4n) is 4.57. The van der Waals surface area contributed by atoms with Crippen molar-refractivity contribution in [2.24, 2.45) is 0 Å². The van der Waals surface area contributed by atoms with Gasteiger partial charge in [0.05, 0.1) is 23.2 Å². The van der Waals surface area contributed by atoms with Gasteiger partial charge in [0.25, 0.3) is 0 Å². The lowest BCUT2D eigenvalue weighted by molar-refractivity contribution is 0.358. The molecule has 6 nitrogen and oxygen atoms in total. The number of aromatic nitrogens is 2.